The van der Waals surface area contributed by atoms with Gasteiger partial charge in [-0.15, -0.1) is 11.8 Å². The SMILES string of the molecule is O=C(CSc1cccc(NC(=O)/C(=C\c2ccc(OCc3ccccc3)cc2)NC(=O)c2ccccc2)c1)Nc1cc(C(=O)O)ccc1Cl. The molecule has 5 aromatic carbocycles. The number of hydrogen-bond acceptors (Lipinski definition) is 6. The molecule has 3 amide bonds. The van der Waals surface area contributed by atoms with Crippen molar-refractivity contribution in [1.82, 2.24) is 5.32 Å². The number of aromatic carboxylic acids is 1. The fraction of sp³-hybridized carbons (Fsp3) is 0.0526. The summed E-state index contributed by atoms with van der Waals surface area (Å²) in [5.41, 5.74) is 2.73. The minimum Gasteiger partial charge on any atom is -0.489 e. The van der Waals surface area contributed by atoms with Crippen LogP contribution in [0.2, 0.25) is 5.02 Å². The third kappa shape index (κ3) is 10.3. The molecular formula is C38H30ClN3O6S. The molecule has 0 radical (unpaired) electrons. The Hall–Kier alpha value is -5.84. The molecule has 0 unspecified atom stereocenters. The van der Waals surface area contributed by atoms with Crippen molar-refractivity contribution in [3.05, 3.63) is 160 Å². The molecule has 4 N–H and O–H groups in total. The number of nitrogens with one attached hydrogen (secondary N) is 3. The Morgan fingerprint density at radius 1 is 0.755 bits per heavy atom. The third-order valence-corrected chi connectivity index (χ3v) is 8.24. The van der Waals surface area contributed by atoms with Crippen LogP contribution in [0.4, 0.5) is 11.4 Å². The Morgan fingerprint density at radius 2 is 1.47 bits per heavy atom. The maximum atomic E-state index is 13.6. The van der Waals surface area contributed by atoms with E-state index in [1.807, 2.05) is 30.3 Å². The van der Waals surface area contributed by atoms with Crippen molar-refractivity contribution in [3.8, 4) is 5.75 Å². The van der Waals surface area contributed by atoms with E-state index in [0.717, 1.165) is 5.56 Å². The summed E-state index contributed by atoms with van der Waals surface area (Å²) in [6.45, 7) is 0.411. The monoisotopic (exact) mass is 691 g/mol. The molecule has 49 heavy (non-hydrogen) atoms. The molecule has 5 aromatic rings. The zero-order chi connectivity index (χ0) is 34.6. The van der Waals surface area contributed by atoms with Crippen LogP contribution in [-0.4, -0.2) is 34.6 Å². The molecule has 0 heterocycles. The fourth-order valence-corrected chi connectivity index (χ4v) is 5.38. The summed E-state index contributed by atoms with van der Waals surface area (Å²) in [6, 6.07) is 36.4. The van der Waals surface area contributed by atoms with Gasteiger partial charge in [0.25, 0.3) is 11.8 Å². The van der Waals surface area contributed by atoms with Gasteiger partial charge < -0.3 is 25.8 Å². The molecule has 0 bridgehead atoms. The number of anilines is 2. The van der Waals surface area contributed by atoms with Crippen LogP contribution in [0.3, 0.4) is 0 Å². The second-order valence-electron chi connectivity index (χ2n) is 10.5. The Morgan fingerprint density at radius 3 is 2.18 bits per heavy atom. The van der Waals surface area contributed by atoms with E-state index in [-0.39, 0.29) is 27.7 Å². The molecule has 0 spiro atoms. The lowest BCUT2D eigenvalue weighted by atomic mass is 10.1. The van der Waals surface area contributed by atoms with E-state index >= 15 is 0 Å². The summed E-state index contributed by atoms with van der Waals surface area (Å²) in [5.74, 6) is -1.89. The summed E-state index contributed by atoms with van der Waals surface area (Å²) < 4.78 is 5.87. The lowest BCUT2D eigenvalue weighted by Crippen LogP contribution is -2.30. The second-order valence-corrected chi connectivity index (χ2v) is 12.0. The lowest BCUT2D eigenvalue weighted by Gasteiger charge is -2.13. The number of thioether (sulfide) groups is 1. The van der Waals surface area contributed by atoms with Gasteiger partial charge >= 0.3 is 5.97 Å². The molecule has 0 saturated heterocycles. The van der Waals surface area contributed by atoms with Crippen molar-refractivity contribution in [2.24, 2.45) is 0 Å². The number of benzene rings is 5. The highest BCUT2D eigenvalue weighted by molar-refractivity contribution is 8.00. The highest BCUT2D eigenvalue weighted by atomic mass is 35.5. The number of carbonyl (C=O) groups excluding carboxylic acids is 3. The summed E-state index contributed by atoms with van der Waals surface area (Å²) >= 11 is 7.33. The van der Waals surface area contributed by atoms with E-state index in [1.54, 1.807) is 84.9 Å². The minimum absolute atomic E-state index is 0.00552. The molecule has 0 aliphatic heterocycles. The molecule has 0 aliphatic rings. The highest BCUT2D eigenvalue weighted by Crippen LogP contribution is 2.26. The van der Waals surface area contributed by atoms with E-state index in [2.05, 4.69) is 16.0 Å². The van der Waals surface area contributed by atoms with E-state index in [1.165, 1.54) is 30.0 Å². The van der Waals surface area contributed by atoms with E-state index < -0.39 is 23.7 Å². The van der Waals surface area contributed by atoms with Gasteiger partial charge in [-0.2, -0.15) is 0 Å². The number of amides is 3. The van der Waals surface area contributed by atoms with Crippen molar-refractivity contribution >= 4 is 64.5 Å². The molecular weight excluding hydrogens is 662 g/mol. The van der Waals surface area contributed by atoms with Gasteiger partial charge in [-0.05, 0) is 77.9 Å². The van der Waals surface area contributed by atoms with Gasteiger partial charge in [0, 0.05) is 16.1 Å². The number of hydrogen-bond donors (Lipinski definition) is 4. The van der Waals surface area contributed by atoms with Gasteiger partial charge in [0.1, 0.15) is 18.1 Å². The van der Waals surface area contributed by atoms with Crippen molar-refractivity contribution in [1.29, 1.82) is 0 Å². The van der Waals surface area contributed by atoms with Crippen molar-refractivity contribution in [2.75, 3.05) is 16.4 Å². The summed E-state index contributed by atoms with van der Waals surface area (Å²) in [7, 11) is 0. The number of halogens is 1. The predicted octanol–water partition coefficient (Wildman–Crippen LogP) is 7.76. The normalized spacial score (nSPS) is 10.9. The van der Waals surface area contributed by atoms with Gasteiger partial charge in [0.15, 0.2) is 0 Å². The first-order valence-corrected chi connectivity index (χ1v) is 16.3. The Balaban J connectivity index is 1.26. The molecule has 5 rings (SSSR count). The van der Waals surface area contributed by atoms with Gasteiger partial charge in [-0.3, -0.25) is 14.4 Å². The smallest absolute Gasteiger partial charge is 0.335 e. The number of carbonyl (C=O) groups is 4. The molecule has 11 heteroatoms. The standard InChI is InChI=1S/C38H30ClN3O6S/c39-32-19-16-28(38(46)47)21-33(32)41-35(43)24-49-31-13-7-12-29(22-31)40-37(45)34(42-36(44)27-10-5-2-6-11-27)20-25-14-17-30(18-15-25)48-23-26-8-3-1-4-9-26/h1-22H,23-24H2,(H,40,45)(H,41,43)(H,42,44)(H,46,47)/b34-20+. The second kappa shape index (κ2) is 16.8. The molecule has 0 aromatic heterocycles. The number of ether oxygens (including phenoxy) is 1. The quantitative estimate of drug-likeness (QED) is 0.0733. The summed E-state index contributed by atoms with van der Waals surface area (Å²) in [6.07, 6.45) is 1.57. The maximum absolute atomic E-state index is 13.6. The van der Waals surface area contributed by atoms with Crippen LogP contribution in [-0.2, 0) is 16.2 Å². The van der Waals surface area contributed by atoms with Crippen molar-refractivity contribution in [2.45, 2.75) is 11.5 Å². The van der Waals surface area contributed by atoms with Gasteiger partial charge in [0.2, 0.25) is 5.91 Å². The van der Waals surface area contributed by atoms with Crippen LogP contribution in [0.5, 0.6) is 5.75 Å². The average Bonchev–Trinajstić information content (AvgIpc) is 3.12. The van der Waals surface area contributed by atoms with E-state index in [4.69, 9.17) is 16.3 Å². The zero-order valence-corrected chi connectivity index (χ0v) is 27.5. The molecule has 0 fully saturated rings. The summed E-state index contributed by atoms with van der Waals surface area (Å²) in [5, 5.41) is 17.6. The van der Waals surface area contributed by atoms with Crippen LogP contribution in [0.1, 0.15) is 31.8 Å². The van der Waals surface area contributed by atoms with Crippen LogP contribution < -0.4 is 20.7 Å². The number of rotatable bonds is 13. The van der Waals surface area contributed by atoms with E-state index in [9.17, 15) is 24.3 Å². The number of carboxylic acid groups (broad SMARTS) is 1. The fourth-order valence-electron chi connectivity index (χ4n) is 4.46. The van der Waals surface area contributed by atoms with Gasteiger partial charge in [-0.25, -0.2) is 4.79 Å². The molecule has 9 nitrogen and oxygen atoms in total. The van der Waals surface area contributed by atoms with Crippen molar-refractivity contribution < 1.29 is 29.0 Å². The Kier molecular flexibility index (Phi) is 11.8. The molecule has 246 valence electrons. The zero-order valence-electron chi connectivity index (χ0n) is 25.9. The van der Waals surface area contributed by atoms with Crippen LogP contribution in [0, 0.1) is 0 Å². The first kappa shape index (κ1) is 34.5. The van der Waals surface area contributed by atoms with Crippen molar-refractivity contribution in [3.63, 3.8) is 0 Å². The third-order valence-electron chi connectivity index (χ3n) is 6.92. The first-order chi connectivity index (χ1) is 23.7. The molecule has 0 aliphatic carbocycles. The highest BCUT2D eigenvalue weighted by Gasteiger charge is 2.16. The molecule has 0 saturated carbocycles. The number of carboxylic acids is 1. The average molecular weight is 692 g/mol. The van der Waals surface area contributed by atoms with Gasteiger partial charge in [0.05, 0.1) is 22.0 Å². The van der Waals surface area contributed by atoms with Crippen LogP contribution >= 0.6 is 23.4 Å². The Labute approximate surface area is 292 Å². The predicted molar refractivity (Wildman–Crippen MR) is 192 cm³/mol. The van der Waals surface area contributed by atoms with Gasteiger partial charge in [-0.1, -0.05) is 78.3 Å². The lowest BCUT2D eigenvalue weighted by molar-refractivity contribution is -0.114. The minimum atomic E-state index is -1.14. The molecule has 0 atom stereocenters. The van der Waals surface area contributed by atoms with E-state index in [0.29, 0.717) is 34.1 Å². The van der Waals surface area contributed by atoms with Crippen LogP contribution in [0.25, 0.3) is 6.08 Å². The topological polar surface area (TPSA) is 134 Å². The first-order valence-electron chi connectivity index (χ1n) is 15.0. The maximum Gasteiger partial charge on any atom is 0.335 e. The Bertz CT molecular complexity index is 1990. The largest absolute Gasteiger partial charge is 0.489 e. The van der Waals surface area contributed by atoms with Crippen LogP contribution in [0.15, 0.2) is 138 Å². The summed E-state index contributed by atoms with van der Waals surface area (Å²) in [4.78, 5) is 51.2.